The summed E-state index contributed by atoms with van der Waals surface area (Å²) in [6, 6.07) is 1.64. The maximum absolute atomic E-state index is 12.0. The van der Waals surface area contributed by atoms with E-state index in [0.29, 0.717) is 5.69 Å². The third-order valence-corrected chi connectivity index (χ3v) is 2.38. The summed E-state index contributed by atoms with van der Waals surface area (Å²) in [5, 5.41) is 0. The minimum absolute atomic E-state index is 0.0748. The molecule has 1 aromatic heterocycles. The number of hydrogen-bond acceptors (Lipinski definition) is 2. The zero-order valence-electron chi connectivity index (χ0n) is 9.30. The van der Waals surface area contributed by atoms with Crippen LogP contribution in [0.25, 0.3) is 0 Å². The molecule has 1 aromatic rings. The van der Waals surface area contributed by atoms with Gasteiger partial charge < -0.3 is 5.73 Å². The molecule has 0 aromatic carbocycles. The minimum atomic E-state index is -4.13. The van der Waals surface area contributed by atoms with E-state index in [1.165, 1.54) is 0 Å². The lowest BCUT2D eigenvalue weighted by molar-refractivity contribution is -0.134. The Labute approximate surface area is 92.7 Å². The highest BCUT2D eigenvalue weighted by atomic mass is 19.4. The molecule has 1 unspecified atom stereocenters. The van der Waals surface area contributed by atoms with Crippen molar-refractivity contribution in [1.29, 1.82) is 0 Å². The van der Waals surface area contributed by atoms with E-state index in [2.05, 4.69) is 4.98 Å². The van der Waals surface area contributed by atoms with Crippen molar-refractivity contribution in [3.63, 3.8) is 0 Å². The monoisotopic (exact) mass is 232 g/mol. The summed E-state index contributed by atoms with van der Waals surface area (Å²) >= 11 is 0. The lowest BCUT2D eigenvalue weighted by atomic mass is 10.1. The van der Waals surface area contributed by atoms with Gasteiger partial charge in [-0.1, -0.05) is 6.07 Å². The van der Waals surface area contributed by atoms with Gasteiger partial charge in [0.25, 0.3) is 0 Å². The first-order valence-electron chi connectivity index (χ1n) is 5.07. The van der Waals surface area contributed by atoms with Crippen LogP contribution in [-0.4, -0.2) is 11.2 Å². The lowest BCUT2D eigenvalue weighted by Gasteiger charge is -2.11. The van der Waals surface area contributed by atoms with Gasteiger partial charge in [0.15, 0.2) is 0 Å². The van der Waals surface area contributed by atoms with Gasteiger partial charge in [-0.25, -0.2) is 0 Å². The molecule has 90 valence electrons. The van der Waals surface area contributed by atoms with E-state index < -0.39 is 12.6 Å². The fraction of sp³-hybridized carbons (Fsp3) is 0.545. The fourth-order valence-electron chi connectivity index (χ4n) is 1.40. The van der Waals surface area contributed by atoms with E-state index in [-0.39, 0.29) is 12.5 Å². The van der Waals surface area contributed by atoms with Gasteiger partial charge >= 0.3 is 6.18 Å². The molecule has 5 heteroatoms. The van der Waals surface area contributed by atoms with Crippen LogP contribution in [-0.2, 0) is 6.42 Å². The standard InChI is InChI=1S/C11H15F3N2/c1-7-5-9(8(2)15)6-16-10(7)3-4-11(12,13)14/h5-6,8H,3-4,15H2,1-2H3. The first-order valence-corrected chi connectivity index (χ1v) is 5.07. The Bertz CT molecular complexity index is 359. The first-order chi connectivity index (χ1) is 7.29. The average Bonchev–Trinajstić information content (AvgIpc) is 2.14. The predicted molar refractivity (Wildman–Crippen MR) is 56.0 cm³/mol. The number of aromatic nitrogens is 1. The molecule has 2 N–H and O–H groups in total. The molecular formula is C11H15F3N2. The zero-order chi connectivity index (χ0) is 12.3. The minimum Gasteiger partial charge on any atom is -0.324 e. The van der Waals surface area contributed by atoms with Crippen LogP contribution < -0.4 is 5.73 Å². The van der Waals surface area contributed by atoms with Crippen molar-refractivity contribution in [2.75, 3.05) is 0 Å². The molecule has 0 bridgehead atoms. The van der Waals surface area contributed by atoms with E-state index >= 15 is 0 Å². The highest BCUT2D eigenvalue weighted by Crippen LogP contribution is 2.23. The first kappa shape index (κ1) is 13.0. The van der Waals surface area contributed by atoms with E-state index in [1.807, 2.05) is 6.92 Å². The molecule has 1 atom stereocenters. The van der Waals surface area contributed by atoms with Crippen molar-refractivity contribution in [2.45, 2.75) is 38.9 Å². The molecule has 0 fully saturated rings. The number of alkyl halides is 3. The molecule has 0 saturated heterocycles. The zero-order valence-corrected chi connectivity index (χ0v) is 9.30. The van der Waals surface area contributed by atoms with Crippen molar-refractivity contribution in [3.05, 3.63) is 29.1 Å². The van der Waals surface area contributed by atoms with E-state index in [1.54, 1.807) is 19.2 Å². The lowest BCUT2D eigenvalue weighted by Crippen LogP contribution is -2.11. The number of nitrogens with zero attached hydrogens (tertiary/aromatic N) is 1. The molecule has 0 radical (unpaired) electrons. The van der Waals surface area contributed by atoms with Gasteiger partial charge in [-0.2, -0.15) is 13.2 Å². The Kier molecular flexibility index (Phi) is 3.91. The van der Waals surface area contributed by atoms with Gasteiger partial charge in [-0.05, 0) is 31.4 Å². The van der Waals surface area contributed by atoms with Crippen LogP contribution in [0.1, 0.15) is 36.2 Å². The predicted octanol–water partition coefficient (Wildman–Crippen LogP) is 2.90. The van der Waals surface area contributed by atoms with Gasteiger partial charge in [-0.15, -0.1) is 0 Å². The quantitative estimate of drug-likeness (QED) is 0.870. The molecule has 0 aliphatic rings. The van der Waals surface area contributed by atoms with Crippen molar-refractivity contribution < 1.29 is 13.2 Å². The third-order valence-electron chi connectivity index (χ3n) is 2.38. The van der Waals surface area contributed by atoms with E-state index in [4.69, 9.17) is 5.73 Å². The van der Waals surface area contributed by atoms with Gasteiger partial charge in [-0.3, -0.25) is 4.98 Å². The Morgan fingerprint density at radius 2 is 2.06 bits per heavy atom. The molecule has 2 nitrogen and oxygen atoms in total. The fourth-order valence-corrected chi connectivity index (χ4v) is 1.40. The Morgan fingerprint density at radius 3 is 2.50 bits per heavy atom. The molecular weight excluding hydrogens is 217 g/mol. The Morgan fingerprint density at radius 1 is 1.44 bits per heavy atom. The van der Waals surface area contributed by atoms with Crippen LogP contribution in [0.3, 0.4) is 0 Å². The van der Waals surface area contributed by atoms with E-state index in [0.717, 1.165) is 11.1 Å². The summed E-state index contributed by atoms with van der Waals surface area (Å²) in [5.74, 6) is 0. The molecule has 0 aliphatic carbocycles. The van der Waals surface area contributed by atoms with Crippen molar-refractivity contribution in [1.82, 2.24) is 4.98 Å². The average molecular weight is 232 g/mol. The number of aryl methyl sites for hydroxylation is 2. The van der Waals surface area contributed by atoms with Crippen molar-refractivity contribution >= 4 is 0 Å². The summed E-state index contributed by atoms with van der Waals surface area (Å²) in [5.41, 5.74) is 7.75. The van der Waals surface area contributed by atoms with Crippen LogP contribution in [0.4, 0.5) is 13.2 Å². The number of nitrogens with two attached hydrogens (primary N) is 1. The van der Waals surface area contributed by atoms with E-state index in [9.17, 15) is 13.2 Å². The second-order valence-corrected chi connectivity index (χ2v) is 3.94. The number of rotatable bonds is 3. The highest BCUT2D eigenvalue weighted by molar-refractivity contribution is 5.25. The summed E-state index contributed by atoms with van der Waals surface area (Å²) in [6.07, 6.45) is -3.50. The Hall–Kier alpha value is -1.10. The summed E-state index contributed by atoms with van der Waals surface area (Å²) in [7, 11) is 0. The molecule has 1 heterocycles. The third kappa shape index (κ3) is 3.81. The molecule has 1 rings (SSSR count). The summed E-state index contributed by atoms with van der Waals surface area (Å²) in [6.45, 7) is 3.57. The van der Waals surface area contributed by atoms with Gasteiger partial charge in [0, 0.05) is 24.4 Å². The second-order valence-electron chi connectivity index (χ2n) is 3.94. The molecule has 16 heavy (non-hydrogen) atoms. The maximum atomic E-state index is 12.0. The number of hydrogen-bond donors (Lipinski definition) is 1. The number of pyridine rings is 1. The van der Waals surface area contributed by atoms with Gasteiger partial charge in [0.05, 0.1) is 0 Å². The topological polar surface area (TPSA) is 38.9 Å². The van der Waals surface area contributed by atoms with Crippen LogP contribution >= 0.6 is 0 Å². The summed E-state index contributed by atoms with van der Waals surface area (Å²) in [4.78, 5) is 4.02. The SMILES string of the molecule is Cc1cc(C(C)N)cnc1CCC(F)(F)F. The van der Waals surface area contributed by atoms with Crippen LogP contribution in [0.5, 0.6) is 0 Å². The second kappa shape index (κ2) is 4.82. The Balaban J connectivity index is 2.76. The molecule has 0 saturated carbocycles. The molecule has 0 spiro atoms. The van der Waals surface area contributed by atoms with Crippen molar-refractivity contribution in [2.24, 2.45) is 5.73 Å². The smallest absolute Gasteiger partial charge is 0.324 e. The normalized spacial score (nSPS) is 13.9. The molecule has 0 amide bonds. The van der Waals surface area contributed by atoms with Crippen LogP contribution in [0.2, 0.25) is 0 Å². The van der Waals surface area contributed by atoms with Gasteiger partial charge in [0.2, 0.25) is 0 Å². The largest absolute Gasteiger partial charge is 0.389 e. The van der Waals surface area contributed by atoms with Crippen LogP contribution in [0.15, 0.2) is 12.3 Å². The maximum Gasteiger partial charge on any atom is 0.389 e. The highest BCUT2D eigenvalue weighted by Gasteiger charge is 2.27. The van der Waals surface area contributed by atoms with Crippen LogP contribution in [0, 0.1) is 6.92 Å². The molecule has 0 aliphatic heterocycles. The number of halogens is 3. The van der Waals surface area contributed by atoms with Crippen molar-refractivity contribution in [3.8, 4) is 0 Å². The summed E-state index contributed by atoms with van der Waals surface area (Å²) < 4.78 is 36.1. The van der Waals surface area contributed by atoms with Gasteiger partial charge in [0.1, 0.15) is 0 Å².